The van der Waals surface area contributed by atoms with Crippen molar-refractivity contribution < 1.29 is 4.39 Å². The van der Waals surface area contributed by atoms with Gasteiger partial charge in [-0.15, -0.1) is 0 Å². The van der Waals surface area contributed by atoms with Crippen molar-refractivity contribution in [3.8, 4) is 22.8 Å². The van der Waals surface area contributed by atoms with Crippen molar-refractivity contribution >= 4 is 26.8 Å². The maximum Gasteiger partial charge on any atom is 0.178 e. The SMILES string of the molecule is Cc1ccc(-c2ncc3ccccc3n2)nc1-c1cc(Br)ccc1F. The molecule has 3 nitrogen and oxygen atoms in total. The van der Waals surface area contributed by atoms with Gasteiger partial charge in [-0.05, 0) is 42.8 Å². The van der Waals surface area contributed by atoms with Crippen LogP contribution in [-0.4, -0.2) is 15.0 Å². The summed E-state index contributed by atoms with van der Waals surface area (Å²) in [4.78, 5) is 13.6. The van der Waals surface area contributed by atoms with Crippen LogP contribution in [0.15, 0.2) is 65.3 Å². The molecule has 0 amide bonds. The van der Waals surface area contributed by atoms with E-state index in [0.717, 1.165) is 20.9 Å². The molecule has 0 radical (unpaired) electrons. The fourth-order valence-corrected chi connectivity index (χ4v) is 3.06. The topological polar surface area (TPSA) is 38.7 Å². The molecule has 0 atom stereocenters. The highest BCUT2D eigenvalue weighted by molar-refractivity contribution is 9.10. The number of benzene rings is 2. The van der Waals surface area contributed by atoms with Gasteiger partial charge in [-0.25, -0.2) is 19.3 Å². The molecule has 0 saturated heterocycles. The lowest BCUT2D eigenvalue weighted by Gasteiger charge is -2.09. The standard InChI is InChI=1S/C20H13BrFN3/c1-12-6-9-18(20-23-11-13-4-2-3-5-17(13)25-20)24-19(12)15-10-14(21)7-8-16(15)22/h2-11H,1H3. The Labute approximate surface area is 152 Å². The fourth-order valence-electron chi connectivity index (χ4n) is 2.70. The predicted molar refractivity (Wildman–Crippen MR) is 101 cm³/mol. The molecule has 2 heterocycles. The lowest BCUT2D eigenvalue weighted by molar-refractivity contribution is 0.630. The van der Waals surface area contributed by atoms with Crippen molar-refractivity contribution in [3.63, 3.8) is 0 Å². The molecule has 0 spiro atoms. The molecule has 122 valence electrons. The van der Waals surface area contributed by atoms with E-state index >= 15 is 0 Å². The zero-order valence-corrected chi connectivity index (χ0v) is 15.0. The lowest BCUT2D eigenvalue weighted by Crippen LogP contribution is -1.97. The van der Waals surface area contributed by atoms with Crippen LogP contribution >= 0.6 is 15.9 Å². The van der Waals surface area contributed by atoms with Crippen molar-refractivity contribution in [2.45, 2.75) is 6.92 Å². The smallest absolute Gasteiger partial charge is 0.178 e. The molecular weight excluding hydrogens is 381 g/mol. The van der Waals surface area contributed by atoms with E-state index in [1.807, 2.05) is 43.3 Å². The number of hydrogen-bond donors (Lipinski definition) is 0. The summed E-state index contributed by atoms with van der Waals surface area (Å²) in [6.45, 7) is 1.91. The van der Waals surface area contributed by atoms with Crippen molar-refractivity contribution in [1.29, 1.82) is 0 Å². The van der Waals surface area contributed by atoms with Crippen molar-refractivity contribution in [2.24, 2.45) is 0 Å². The molecule has 0 saturated carbocycles. The van der Waals surface area contributed by atoms with E-state index in [9.17, 15) is 4.39 Å². The number of nitrogens with zero attached hydrogens (tertiary/aromatic N) is 3. The van der Waals surface area contributed by atoms with Gasteiger partial charge in [-0.2, -0.15) is 0 Å². The van der Waals surface area contributed by atoms with E-state index < -0.39 is 0 Å². The monoisotopic (exact) mass is 393 g/mol. The Morgan fingerprint density at radius 2 is 1.80 bits per heavy atom. The second kappa shape index (κ2) is 6.33. The third kappa shape index (κ3) is 3.03. The number of rotatable bonds is 2. The average Bonchev–Trinajstić information content (AvgIpc) is 2.64. The zero-order valence-electron chi connectivity index (χ0n) is 13.4. The minimum atomic E-state index is -0.310. The minimum Gasteiger partial charge on any atom is -0.244 e. The number of halogens is 2. The van der Waals surface area contributed by atoms with E-state index in [1.54, 1.807) is 18.3 Å². The molecule has 0 aliphatic carbocycles. The highest BCUT2D eigenvalue weighted by Crippen LogP contribution is 2.29. The Kier molecular flexibility index (Phi) is 4.01. The summed E-state index contributed by atoms with van der Waals surface area (Å²) < 4.78 is 15.1. The summed E-state index contributed by atoms with van der Waals surface area (Å²) in [6, 6.07) is 16.4. The highest BCUT2D eigenvalue weighted by atomic mass is 79.9. The highest BCUT2D eigenvalue weighted by Gasteiger charge is 2.13. The molecule has 0 unspecified atom stereocenters. The number of para-hydroxylation sites is 1. The van der Waals surface area contributed by atoms with Gasteiger partial charge in [0.1, 0.15) is 11.5 Å². The Balaban J connectivity index is 1.87. The Hall–Kier alpha value is -2.66. The molecule has 25 heavy (non-hydrogen) atoms. The largest absolute Gasteiger partial charge is 0.244 e. The van der Waals surface area contributed by atoms with Gasteiger partial charge in [-0.1, -0.05) is 40.2 Å². The Morgan fingerprint density at radius 1 is 0.960 bits per heavy atom. The van der Waals surface area contributed by atoms with Crippen LogP contribution in [0.5, 0.6) is 0 Å². The first kappa shape index (κ1) is 15.8. The molecule has 0 fully saturated rings. The fraction of sp³-hybridized carbons (Fsp3) is 0.0500. The number of hydrogen-bond acceptors (Lipinski definition) is 3. The number of fused-ring (bicyclic) bond motifs is 1. The third-order valence-electron chi connectivity index (χ3n) is 4.00. The van der Waals surface area contributed by atoms with Gasteiger partial charge in [0.2, 0.25) is 0 Å². The van der Waals surface area contributed by atoms with Crippen LogP contribution < -0.4 is 0 Å². The van der Waals surface area contributed by atoms with Crippen LogP contribution in [0.2, 0.25) is 0 Å². The molecule has 0 aliphatic rings. The first-order valence-electron chi connectivity index (χ1n) is 7.77. The summed E-state index contributed by atoms with van der Waals surface area (Å²) in [5.74, 6) is 0.214. The summed E-state index contributed by atoms with van der Waals surface area (Å²) in [6.07, 6.45) is 1.78. The van der Waals surface area contributed by atoms with Crippen LogP contribution in [0.1, 0.15) is 5.56 Å². The second-order valence-electron chi connectivity index (χ2n) is 5.74. The quantitative estimate of drug-likeness (QED) is 0.446. The molecule has 4 rings (SSSR count). The Morgan fingerprint density at radius 3 is 2.68 bits per heavy atom. The van der Waals surface area contributed by atoms with Gasteiger partial charge < -0.3 is 0 Å². The molecule has 4 aromatic rings. The van der Waals surface area contributed by atoms with Crippen LogP contribution in [0.25, 0.3) is 33.7 Å². The van der Waals surface area contributed by atoms with Crippen LogP contribution in [0.3, 0.4) is 0 Å². The Bertz CT molecular complexity index is 1100. The van der Waals surface area contributed by atoms with E-state index in [4.69, 9.17) is 0 Å². The van der Waals surface area contributed by atoms with Gasteiger partial charge in [-0.3, -0.25) is 0 Å². The average molecular weight is 394 g/mol. The van der Waals surface area contributed by atoms with Gasteiger partial charge in [0.05, 0.1) is 11.2 Å². The van der Waals surface area contributed by atoms with E-state index in [-0.39, 0.29) is 5.82 Å². The molecular formula is C20H13BrFN3. The maximum absolute atomic E-state index is 14.3. The summed E-state index contributed by atoms with van der Waals surface area (Å²) in [5.41, 5.74) is 3.40. The second-order valence-corrected chi connectivity index (χ2v) is 6.65. The molecule has 0 bridgehead atoms. The third-order valence-corrected chi connectivity index (χ3v) is 4.49. The van der Waals surface area contributed by atoms with Gasteiger partial charge in [0, 0.05) is 21.6 Å². The van der Waals surface area contributed by atoms with E-state index in [1.165, 1.54) is 6.07 Å². The summed E-state index contributed by atoms with van der Waals surface area (Å²) in [5, 5.41) is 0.969. The van der Waals surface area contributed by atoms with E-state index in [2.05, 4.69) is 30.9 Å². The molecule has 2 aromatic carbocycles. The summed E-state index contributed by atoms with van der Waals surface area (Å²) in [7, 11) is 0. The van der Waals surface area contributed by atoms with Crippen LogP contribution in [0, 0.1) is 12.7 Å². The van der Waals surface area contributed by atoms with Crippen molar-refractivity contribution in [2.75, 3.05) is 0 Å². The van der Waals surface area contributed by atoms with Gasteiger partial charge >= 0.3 is 0 Å². The van der Waals surface area contributed by atoms with Crippen molar-refractivity contribution in [3.05, 3.63) is 76.6 Å². The predicted octanol–water partition coefficient (Wildman–Crippen LogP) is 5.57. The molecule has 0 N–H and O–H groups in total. The molecule has 5 heteroatoms. The normalized spacial score (nSPS) is 11.0. The molecule has 2 aromatic heterocycles. The first-order chi connectivity index (χ1) is 12.1. The van der Waals surface area contributed by atoms with Crippen molar-refractivity contribution in [1.82, 2.24) is 15.0 Å². The zero-order chi connectivity index (χ0) is 17.4. The van der Waals surface area contributed by atoms with Gasteiger partial charge in [0.15, 0.2) is 5.82 Å². The van der Waals surface area contributed by atoms with Crippen LogP contribution in [0.4, 0.5) is 4.39 Å². The number of aryl methyl sites for hydroxylation is 1. The maximum atomic E-state index is 14.3. The number of aromatic nitrogens is 3. The lowest BCUT2D eigenvalue weighted by atomic mass is 10.1. The van der Waals surface area contributed by atoms with Gasteiger partial charge in [0.25, 0.3) is 0 Å². The van der Waals surface area contributed by atoms with Crippen LogP contribution in [-0.2, 0) is 0 Å². The first-order valence-corrected chi connectivity index (χ1v) is 8.56. The minimum absolute atomic E-state index is 0.310. The summed E-state index contributed by atoms with van der Waals surface area (Å²) >= 11 is 3.39. The van der Waals surface area contributed by atoms with E-state index in [0.29, 0.717) is 22.8 Å². The molecule has 0 aliphatic heterocycles. The number of pyridine rings is 1.